The number of carbonyl (C=O) groups is 1. The summed E-state index contributed by atoms with van der Waals surface area (Å²) in [4.78, 5) is 11.6. The molecule has 4 nitrogen and oxygen atoms in total. The first-order valence-corrected chi connectivity index (χ1v) is 6.12. The predicted octanol–water partition coefficient (Wildman–Crippen LogP) is 4.51. The Morgan fingerprint density at radius 2 is 1.61 bits per heavy atom. The molecule has 0 atom stereocenters. The van der Waals surface area contributed by atoms with E-state index >= 15 is 0 Å². The van der Waals surface area contributed by atoms with Crippen molar-refractivity contribution in [1.82, 2.24) is 0 Å². The van der Waals surface area contributed by atoms with Gasteiger partial charge < -0.3 is 15.4 Å². The minimum absolute atomic E-state index is 0.133. The van der Waals surface area contributed by atoms with E-state index in [4.69, 9.17) is 0 Å². The zero-order valence-corrected chi connectivity index (χ0v) is 11.2. The Morgan fingerprint density at radius 3 is 2.22 bits per heavy atom. The Bertz CT molecular complexity index is 701. The standard InChI is InChI=1S/C14H9F5N2O2/c15-8-1-6-11(16)12(7-8)21-13(22)20-9-2-4-10(5-3-9)23-14(17,18)19/h1-7H,(H2,20,21,22). The van der Waals surface area contributed by atoms with Gasteiger partial charge in [0.25, 0.3) is 0 Å². The highest BCUT2D eigenvalue weighted by molar-refractivity contribution is 5.99. The van der Waals surface area contributed by atoms with Crippen LogP contribution in [0.15, 0.2) is 42.5 Å². The number of rotatable bonds is 3. The molecule has 9 heteroatoms. The van der Waals surface area contributed by atoms with E-state index in [0.29, 0.717) is 0 Å². The molecular formula is C14H9F5N2O2. The molecule has 0 unspecified atom stereocenters. The molecule has 0 spiro atoms. The largest absolute Gasteiger partial charge is 0.573 e. The fourth-order valence-electron chi connectivity index (χ4n) is 1.62. The van der Waals surface area contributed by atoms with Gasteiger partial charge in [-0.25, -0.2) is 13.6 Å². The van der Waals surface area contributed by atoms with Gasteiger partial charge in [0.15, 0.2) is 0 Å². The van der Waals surface area contributed by atoms with Gasteiger partial charge in [0.05, 0.1) is 5.69 Å². The molecule has 0 aromatic heterocycles. The summed E-state index contributed by atoms with van der Waals surface area (Å²) in [5.74, 6) is -2.04. The van der Waals surface area contributed by atoms with Gasteiger partial charge in [-0.15, -0.1) is 13.2 Å². The van der Waals surface area contributed by atoms with Crippen LogP contribution >= 0.6 is 0 Å². The number of alkyl halides is 3. The van der Waals surface area contributed by atoms with E-state index in [1.54, 1.807) is 0 Å². The van der Waals surface area contributed by atoms with E-state index in [1.165, 1.54) is 0 Å². The predicted molar refractivity (Wildman–Crippen MR) is 72.1 cm³/mol. The van der Waals surface area contributed by atoms with Crippen molar-refractivity contribution in [3.05, 3.63) is 54.1 Å². The van der Waals surface area contributed by atoms with E-state index in [0.717, 1.165) is 42.5 Å². The van der Waals surface area contributed by atoms with Crippen LogP contribution in [0.2, 0.25) is 0 Å². The van der Waals surface area contributed by atoms with E-state index in [2.05, 4.69) is 15.4 Å². The van der Waals surface area contributed by atoms with Crippen LogP contribution < -0.4 is 15.4 Å². The van der Waals surface area contributed by atoms with E-state index in [-0.39, 0.29) is 11.4 Å². The maximum atomic E-state index is 13.3. The lowest BCUT2D eigenvalue weighted by atomic mass is 10.3. The Labute approximate surface area is 126 Å². The average Bonchev–Trinajstić information content (AvgIpc) is 2.43. The van der Waals surface area contributed by atoms with Crippen molar-refractivity contribution >= 4 is 17.4 Å². The van der Waals surface area contributed by atoms with Gasteiger partial charge in [0.1, 0.15) is 17.4 Å². The number of hydrogen-bond acceptors (Lipinski definition) is 2. The van der Waals surface area contributed by atoms with Gasteiger partial charge in [-0.05, 0) is 36.4 Å². The summed E-state index contributed by atoms with van der Waals surface area (Å²) in [5.41, 5.74) is -0.242. The zero-order chi connectivity index (χ0) is 17.0. The quantitative estimate of drug-likeness (QED) is 0.813. The monoisotopic (exact) mass is 332 g/mol. The molecule has 0 bridgehead atoms. The summed E-state index contributed by atoms with van der Waals surface area (Å²) in [6.45, 7) is 0. The third-order valence-corrected chi connectivity index (χ3v) is 2.52. The maximum Gasteiger partial charge on any atom is 0.573 e. The summed E-state index contributed by atoms with van der Waals surface area (Å²) in [6.07, 6.45) is -4.82. The lowest BCUT2D eigenvalue weighted by molar-refractivity contribution is -0.274. The van der Waals surface area contributed by atoms with Crippen molar-refractivity contribution in [2.24, 2.45) is 0 Å². The first kappa shape index (κ1) is 16.5. The second-order valence-electron chi connectivity index (χ2n) is 4.28. The fraction of sp³-hybridized carbons (Fsp3) is 0.0714. The summed E-state index contributed by atoms with van der Waals surface area (Å²) in [7, 11) is 0. The number of halogens is 5. The van der Waals surface area contributed by atoms with Crippen LogP contribution in [0, 0.1) is 11.6 Å². The Morgan fingerprint density at radius 1 is 0.957 bits per heavy atom. The van der Waals surface area contributed by atoms with Gasteiger partial charge in [0, 0.05) is 11.8 Å². The van der Waals surface area contributed by atoms with Crippen LogP contribution in [0.5, 0.6) is 5.75 Å². The van der Waals surface area contributed by atoms with Crippen LogP contribution in [0.25, 0.3) is 0 Å². The molecule has 2 aromatic rings. The van der Waals surface area contributed by atoms with E-state index < -0.39 is 29.8 Å². The normalized spacial score (nSPS) is 11.0. The highest BCUT2D eigenvalue weighted by Crippen LogP contribution is 2.24. The molecule has 2 amide bonds. The van der Waals surface area contributed by atoms with Crippen molar-refractivity contribution in [1.29, 1.82) is 0 Å². The van der Waals surface area contributed by atoms with E-state index in [1.807, 2.05) is 0 Å². The van der Waals surface area contributed by atoms with E-state index in [9.17, 15) is 26.7 Å². The molecule has 0 aliphatic heterocycles. The fourth-order valence-corrected chi connectivity index (χ4v) is 1.62. The Balaban J connectivity index is 1.99. The maximum absolute atomic E-state index is 13.3. The lowest BCUT2D eigenvalue weighted by Crippen LogP contribution is -2.20. The lowest BCUT2D eigenvalue weighted by Gasteiger charge is -2.11. The number of amides is 2. The van der Waals surface area contributed by atoms with Crippen LogP contribution in [0.4, 0.5) is 38.1 Å². The van der Waals surface area contributed by atoms with Gasteiger partial charge in [-0.2, -0.15) is 0 Å². The molecular weight excluding hydrogens is 323 g/mol. The summed E-state index contributed by atoms with van der Waals surface area (Å²) in [5, 5.41) is 4.33. The SMILES string of the molecule is O=C(Nc1ccc(OC(F)(F)F)cc1)Nc1cc(F)ccc1F. The zero-order valence-electron chi connectivity index (χ0n) is 11.2. The number of anilines is 2. The van der Waals surface area contributed by atoms with Crippen molar-refractivity contribution in [2.45, 2.75) is 6.36 Å². The smallest absolute Gasteiger partial charge is 0.406 e. The van der Waals surface area contributed by atoms with Crippen molar-refractivity contribution in [2.75, 3.05) is 10.6 Å². The summed E-state index contributed by atoms with van der Waals surface area (Å²) >= 11 is 0. The number of hydrogen-bond donors (Lipinski definition) is 2. The van der Waals surface area contributed by atoms with Gasteiger partial charge in [0.2, 0.25) is 0 Å². The second kappa shape index (κ2) is 6.51. The van der Waals surface area contributed by atoms with Crippen molar-refractivity contribution in [3.8, 4) is 5.75 Å². The number of nitrogens with one attached hydrogen (secondary N) is 2. The van der Waals surface area contributed by atoms with Gasteiger partial charge >= 0.3 is 12.4 Å². The third kappa shape index (κ3) is 5.13. The minimum atomic E-state index is -4.82. The number of benzene rings is 2. The van der Waals surface area contributed by atoms with Crippen LogP contribution in [-0.4, -0.2) is 12.4 Å². The molecule has 2 aromatic carbocycles. The third-order valence-electron chi connectivity index (χ3n) is 2.52. The summed E-state index contributed by atoms with van der Waals surface area (Å²) in [6, 6.07) is 5.92. The minimum Gasteiger partial charge on any atom is -0.406 e. The Kier molecular flexibility index (Phi) is 4.68. The molecule has 0 saturated carbocycles. The first-order chi connectivity index (χ1) is 10.7. The topological polar surface area (TPSA) is 50.4 Å². The molecule has 2 N–H and O–H groups in total. The molecule has 0 aliphatic carbocycles. The molecule has 23 heavy (non-hydrogen) atoms. The second-order valence-corrected chi connectivity index (χ2v) is 4.28. The van der Waals surface area contributed by atoms with Crippen molar-refractivity contribution in [3.63, 3.8) is 0 Å². The van der Waals surface area contributed by atoms with Crippen LogP contribution in [0.1, 0.15) is 0 Å². The highest BCUT2D eigenvalue weighted by Gasteiger charge is 2.30. The highest BCUT2D eigenvalue weighted by atomic mass is 19.4. The van der Waals surface area contributed by atoms with Crippen LogP contribution in [-0.2, 0) is 0 Å². The molecule has 2 rings (SSSR count). The number of urea groups is 1. The van der Waals surface area contributed by atoms with Crippen LogP contribution in [0.3, 0.4) is 0 Å². The molecule has 0 aliphatic rings. The molecule has 122 valence electrons. The Hall–Kier alpha value is -2.84. The molecule has 0 fully saturated rings. The molecule has 0 saturated heterocycles. The first-order valence-electron chi connectivity index (χ1n) is 6.12. The number of ether oxygens (including phenoxy) is 1. The van der Waals surface area contributed by atoms with Gasteiger partial charge in [-0.1, -0.05) is 0 Å². The van der Waals surface area contributed by atoms with Crippen molar-refractivity contribution < 1.29 is 31.5 Å². The molecule has 0 heterocycles. The number of carbonyl (C=O) groups excluding carboxylic acids is 1. The average molecular weight is 332 g/mol. The summed E-state index contributed by atoms with van der Waals surface area (Å²) < 4.78 is 66.0. The van der Waals surface area contributed by atoms with Gasteiger partial charge in [-0.3, -0.25) is 0 Å². The molecule has 0 radical (unpaired) electrons.